The number of nitriles is 1. The van der Waals surface area contributed by atoms with Gasteiger partial charge in [0.1, 0.15) is 17.5 Å². The number of nitrogens with zero attached hydrogens (tertiary/aromatic N) is 5. The van der Waals surface area contributed by atoms with Crippen LogP contribution in [0.3, 0.4) is 0 Å². The summed E-state index contributed by atoms with van der Waals surface area (Å²) in [5.74, 6) is -0.944. The monoisotopic (exact) mass is 476 g/mol. The molecule has 0 aliphatic carbocycles. The van der Waals surface area contributed by atoms with Crippen LogP contribution in [-0.4, -0.2) is 40.5 Å². The average Bonchev–Trinajstić information content (AvgIpc) is 2.77. The molecule has 0 aliphatic heterocycles. The molecule has 1 N–H and O–H groups in total. The lowest BCUT2D eigenvalue weighted by Gasteiger charge is -2.17. The van der Waals surface area contributed by atoms with E-state index in [0.29, 0.717) is 12.1 Å². The summed E-state index contributed by atoms with van der Waals surface area (Å²) in [6.07, 6.45) is 1.15. The number of amides is 1. The maximum absolute atomic E-state index is 13.2. The quantitative estimate of drug-likeness (QED) is 0.593. The first-order valence-corrected chi connectivity index (χ1v) is 11.1. The number of hydrogen-bond acceptors (Lipinski definition) is 8. The molecule has 1 unspecified atom stereocenters. The van der Waals surface area contributed by atoms with Crippen LogP contribution in [0.15, 0.2) is 47.9 Å². The predicted octanol–water partition coefficient (Wildman–Crippen LogP) is 2.72. The van der Waals surface area contributed by atoms with Gasteiger partial charge in [-0.15, -0.1) is 0 Å². The summed E-state index contributed by atoms with van der Waals surface area (Å²) >= 11 is 0. The molecule has 0 aliphatic rings. The number of halogens is 3. The minimum atomic E-state index is -4.85. The predicted molar refractivity (Wildman–Crippen MR) is 108 cm³/mol. The van der Waals surface area contributed by atoms with E-state index in [1.54, 1.807) is 0 Å². The lowest BCUT2D eigenvalue weighted by atomic mass is 10.1. The smallest absolute Gasteiger partial charge is 0.344 e. The maximum atomic E-state index is 13.2. The average molecular weight is 476 g/mol. The van der Waals surface area contributed by atoms with Crippen molar-refractivity contribution in [2.24, 2.45) is 0 Å². The molecule has 170 valence electrons. The van der Waals surface area contributed by atoms with Crippen molar-refractivity contribution in [3.05, 3.63) is 65.5 Å². The number of sulfone groups is 1. The maximum Gasteiger partial charge on any atom is 0.416 e. The first-order chi connectivity index (χ1) is 15.4. The fraction of sp³-hybridized carbons (Fsp3) is 0.200. The van der Waals surface area contributed by atoms with E-state index in [1.165, 1.54) is 31.7 Å². The second kappa shape index (κ2) is 8.91. The Kier molecular flexibility index (Phi) is 6.41. The summed E-state index contributed by atoms with van der Waals surface area (Å²) in [7, 11) is -4.01. The topological polar surface area (TPSA) is 139 Å². The third kappa shape index (κ3) is 5.47. The summed E-state index contributed by atoms with van der Waals surface area (Å²) < 4.78 is 63.4. The number of rotatable bonds is 5. The van der Waals surface area contributed by atoms with Crippen LogP contribution in [-0.2, 0) is 16.0 Å². The highest BCUT2D eigenvalue weighted by atomic mass is 32.2. The van der Waals surface area contributed by atoms with E-state index < -0.39 is 44.0 Å². The number of alkyl halides is 3. The van der Waals surface area contributed by atoms with E-state index in [2.05, 4.69) is 25.3 Å². The van der Waals surface area contributed by atoms with Crippen molar-refractivity contribution in [1.82, 2.24) is 25.3 Å². The molecule has 0 bridgehead atoms. The Morgan fingerprint density at radius 2 is 1.79 bits per heavy atom. The van der Waals surface area contributed by atoms with Crippen molar-refractivity contribution in [1.29, 1.82) is 5.26 Å². The van der Waals surface area contributed by atoms with Gasteiger partial charge < -0.3 is 5.32 Å². The van der Waals surface area contributed by atoms with Crippen LogP contribution in [0.1, 0.15) is 40.3 Å². The molecular weight excluding hydrogens is 461 g/mol. The number of carbonyl (C=O) groups is 1. The summed E-state index contributed by atoms with van der Waals surface area (Å²) in [6, 6.07) is 2.89. The van der Waals surface area contributed by atoms with E-state index in [9.17, 15) is 26.4 Å². The molecule has 2 aromatic heterocycles. The number of aromatic nitrogens is 4. The van der Waals surface area contributed by atoms with Crippen LogP contribution in [0.2, 0.25) is 0 Å². The van der Waals surface area contributed by atoms with Crippen molar-refractivity contribution in [2.45, 2.75) is 24.0 Å². The SMILES string of the molecule is CC(NC(=O)c1cc(C(F)(F)F)cc(S(C)(=O)=O)c1)c1nccnc1-c1cnc(C#N)cn1. The highest BCUT2D eigenvalue weighted by Crippen LogP contribution is 2.32. The van der Waals surface area contributed by atoms with Gasteiger partial charge in [-0.25, -0.2) is 18.4 Å². The normalized spacial score (nSPS) is 12.6. The minimum absolute atomic E-state index is 0.0803. The summed E-state index contributed by atoms with van der Waals surface area (Å²) in [4.78, 5) is 28.4. The van der Waals surface area contributed by atoms with E-state index in [1.807, 2.05) is 6.07 Å². The zero-order valence-electron chi connectivity index (χ0n) is 17.1. The Morgan fingerprint density at radius 3 is 2.36 bits per heavy atom. The van der Waals surface area contributed by atoms with Gasteiger partial charge in [0.05, 0.1) is 34.6 Å². The zero-order valence-corrected chi connectivity index (χ0v) is 17.9. The highest BCUT2D eigenvalue weighted by molar-refractivity contribution is 7.90. The molecule has 13 heteroatoms. The van der Waals surface area contributed by atoms with Crippen LogP contribution in [0, 0.1) is 11.3 Å². The second-order valence-corrected chi connectivity index (χ2v) is 8.92. The van der Waals surface area contributed by atoms with Crippen molar-refractivity contribution >= 4 is 15.7 Å². The van der Waals surface area contributed by atoms with Gasteiger partial charge in [-0.2, -0.15) is 18.4 Å². The third-order valence-electron chi connectivity index (χ3n) is 4.42. The van der Waals surface area contributed by atoms with Gasteiger partial charge in [0.25, 0.3) is 5.91 Å². The molecule has 3 rings (SSSR count). The van der Waals surface area contributed by atoms with E-state index in [0.717, 1.165) is 12.3 Å². The third-order valence-corrected chi connectivity index (χ3v) is 5.51. The van der Waals surface area contributed by atoms with Crippen molar-refractivity contribution in [2.75, 3.05) is 6.26 Å². The van der Waals surface area contributed by atoms with Gasteiger partial charge in [-0.1, -0.05) is 0 Å². The highest BCUT2D eigenvalue weighted by Gasteiger charge is 2.33. The number of carbonyl (C=O) groups excluding carboxylic acids is 1. The molecule has 0 spiro atoms. The van der Waals surface area contributed by atoms with Crippen LogP contribution < -0.4 is 5.32 Å². The largest absolute Gasteiger partial charge is 0.416 e. The molecule has 9 nitrogen and oxygen atoms in total. The van der Waals surface area contributed by atoms with Crippen LogP contribution in [0.5, 0.6) is 0 Å². The van der Waals surface area contributed by atoms with Gasteiger partial charge in [0, 0.05) is 24.2 Å². The fourth-order valence-electron chi connectivity index (χ4n) is 2.83. The Bertz CT molecular complexity index is 1350. The minimum Gasteiger partial charge on any atom is -0.344 e. The van der Waals surface area contributed by atoms with E-state index in [4.69, 9.17) is 5.26 Å². The summed E-state index contributed by atoms with van der Waals surface area (Å²) in [6.45, 7) is 1.52. The van der Waals surface area contributed by atoms with Gasteiger partial charge >= 0.3 is 6.18 Å². The number of nitrogens with one attached hydrogen (secondary N) is 1. The molecule has 1 atom stereocenters. The molecule has 1 aromatic carbocycles. The molecule has 33 heavy (non-hydrogen) atoms. The first kappa shape index (κ1) is 23.7. The lowest BCUT2D eigenvalue weighted by Crippen LogP contribution is -2.28. The Hall–Kier alpha value is -3.92. The number of benzene rings is 1. The van der Waals surface area contributed by atoms with Crippen molar-refractivity contribution in [3.8, 4) is 17.5 Å². The van der Waals surface area contributed by atoms with Gasteiger partial charge in [-0.3, -0.25) is 14.8 Å². The molecule has 0 saturated carbocycles. The molecular formula is C20H15F3N6O3S. The Labute approximate surface area is 186 Å². The van der Waals surface area contributed by atoms with E-state index >= 15 is 0 Å². The molecule has 0 fully saturated rings. The van der Waals surface area contributed by atoms with Crippen molar-refractivity contribution in [3.63, 3.8) is 0 Å². The second-order valence-electron chi connectivity index (χ2n) is 6.90. The number of hydrogen-bond donors (Lipinski definition) is 1. The Morgan fingerprint density at radius 1 is 1.09 bits per heavy atom. The molecule has 0 radical (unpaired) electrons. The Balaban J connectivity index is 1.95. The first-order valence-electron chi connectivity index (χ1n) is 9.17. The van der Waals surface area contributed by atoms with Crippen LogP contribution in [0.25, 0.3) is 11.4 Å². The van der Waals surface area contributed by atoms with Crippen LogP contribution >= 0.6 is 0 Å². The molecule has 1 amide bonds. The molecule has 3 aromatic rings. The standard InChI is InChI=1S/C20H15F3N6O3S/c1-11(17-18(26-4-3-25-17)16-10-27-14(8-24)9-28-16)29-19(30)12-5-13(20(21,22)23)7-15(6-12)33(2,31)32/h3-7,9-11H,1-2H3,(H,29,30). The van der Waals surface area contributed by atoms with Gasteiger partial charge in [-0.05, 0) is 25.1 Å². The zero-order chi connectivity index (χ0) is 24.4. The van der Waals surface area contributed by atoms with E-state index in [-0.39, 0.29) is 22.8 Å². The van der Waals surface area contributed by atoms with Crippen LogP contribution in [0.4, 0.5) is 13.2 Å². The fourth-order valence-corrected chi connectivity index (χ4v) is 3.51. The lowest BCUT2D eigenvalue weighted by molar-refractivity contribution is -0.137. The van der Waals surface area contributed by atoms with Gasteiger partial charge in [0.15, 0.2) is 15.5 Å². The summed E-state index contributed by atoms with van der Waals surface area (Å²) in [5, 5.41) is 11.4. The molecule has 0 saturated heterocycles. The summed E-state index contributed by atoms with van der Waals surface area (Å²) in [5.41, 5.74) is -0.936. The van der Waals surface area contributed by atoms with Gasteiger partial charge in [0.2, 0.25) is 0 Å². The van der Waals surface area contributed by atoms with Crippen molar-refractivity contribution < 1.29 is 26.4 Å². The molecule has 2 heterocycles.